The van der Waals surface area contributed by atoms with E-state index < -0.39 is 29.5 Å². The summed E-state index contributed by atoms with van der Waals surface area (Å²) in [5.74, 6) is -1.41. The molecular weight excluding hydrogens is 398 g/mol. The monoisotopic (exact) mass is 427 g/mol. The van der Waals surface area contributed by atoms with Gasteiger partial charge in [0, 0.05) is 12.8 Å². The Balaban J connectivity index is 1.90. The highest BCUT2D eigenvalue weighted by molar-refractivity contribution is 5.86. The SMILES string of the molecule is CC(C)(C)OC(=O)[C@H](Cc1ccc(O)cc1)NC(=O)CCC(=O)OCc1ccccc1. The second-order valence-electron chi connectivity index (χ2n) is 8.17. The van der Waals surface area contributed by atoms with E-state index in [4.69, 9.17) is 9.47 Å². The van der Waals surface area contributed by atoms with Crippen LogP contribution in [0.2, 0.25) is 0 Å². The molecule has 1 amide bonds. The molecule has 0 radical (unpaired) electrons. The molecule has 2 aromatic rings. The fraction of sp³-hybridized carbons (Fsp3) is 0.375. The van der Waals surface area contributed by atoms with Crippen molar-refractivity contribution in [3.63, 3.8) is 0 Å². The maximum absolute atomic E-state index is 12.6. The summed E-state index contributed by atoms with van der Waals surface area (Å²) >= 11 is 0. The van der Waals surface area contributed by atoms with E-state index in [1.165, 1.54) is 12.1 Å². The van der Waals surface area contributed by atoms with Crippen LogP contribution in [0.3, 0.4) is 0 Å². The smallest absolute Gasteiger partial charge is 0.329 e. The van der Waals surface area contributed by atoms with E-state index in [0.29, 0.717) is 0 Å². The van der Waals surface area contributed by atoms with Crippen LogP contribution in [0.5, 0.6) is 5.75 Å². The van der Waals surface area contributed by atoms with Crippen LogP contribution < -0.4 is 5.32 Å². The van der Waals surface area contributed by atoms with E-state index in [1.54, 1.807) is 32.9 Å². The first-order valence-electron chi connectivity index (χ1n) is 10.1. The van der Waals surface area contributed by atoms with Gasteiger partial charge < -0.3 is 19.9 Å². The van der Waals surface area contributed by atoms with Gasteiger partial charge in [0.25, 0.3) is 0 Å². The molecule has 0 fully saturated rings. The Morgan fingerprint density at radius 3 is 2.19 bits per heavy atom. The topological polar surface area (TPSA) is 102 Å². The van der Waals surface area contributed by atoms with Crippen molar-refractivity contribution in [1.82, 2.24) is 5.32 Å². The van der Waals surface area contributed by atoms with E-state index in [9.17, 15) is 19.5 Å². The molecule has 0 aliphatic rings. The summed E-state index contributed by atoms with van der Waals surface area (Å²) in [4.78, 5) is 36.9. The second-order valence-corrected chi connectivity index (χ2v) is 8.17. The maximum Gasteiger partial charge on any atom is 0.329 e. The van der Waals surface area contributed by atoms with Gasteiger partial charge in [-0.2, -0.15) is 0 Å². The van der Waals surface area contributed by atoms with E-state index in [1.807, 2.05) is 30.3 Å². The average molecular weight is 427 g/mol. The molecule has 0 saturated carbocycles. The van der Waals surface area contributed by atoms with Crippen LogP contribution in [-0.4, -0.2) is 34.6 Å². The third-order valence-corrected chi connectivity index (χ3v) is 4.20. The Hall–Kier alpha value is -3.35. The number of carbonyl (C=O) groups is 3. The van der Waals surface area contributed by atoms with Gasteiger partial charge in [-0.05, 0) is 44.0 Å². The van der Waals surface area contributed by atoms with Crippen molar-refractivity contribution >= 4 is 17.8 Å². The first-order valence-corrected chi connectivity index (χ1v) is 10.1. The summed E-state index contributed by atoms with van der Waals surface area (Å²) in [6.07, 6.45) is -0.0131. The lowest BCUT2D eigenvalue weighted by atomic mass is 10.0. The Morgan fingerprint density at radius 2 is 1.58 bits per heavy atom. The normalized spacial score (nSPS) is 12.0. The molecule has 0 saturated heterocycles. The fourth-order valence-corrected chi connectivity index (χ4v) is 2.73. The highest BCUT2D eigenvalue weighted by Crippen LogP contribution is 2.14. The van der Waals surface area contributed by atoms with Gasteiger partial charge in [0.15, 0.2) is 0 Å². The summed E-state index contributed by atoms with van der Waals surface area (Å²) < 4.78 is 10.6. The number of phenolic OH excluding ortho intramolecular Hbond substituents is 1. The first-order chi connectivity index (χ1) is 14.6. The molecule has 7 nitrogen and oxygen atoms in total. The van der Waals surface area contributed by atoms with Gasteiger partial charge in [0.05, 0.1) is 6.42 Å². The number of rotatable bonds is 9. The first kappa shape index (κ1) is 23.9. The molecule has 166 valence electrons. The molecule has 2 rings (SSSR count). The molecule has 0 heterocycles. The summed E-state index contributed by atoms with van der Waals surface area (Å²) in [6, 6.07) is 14.7. The number of phenols is 1. The minimum atomic E-state index is -0.920. The number of benzene rings is 2. The highest BCUT2D eigenvalue weighted by atomic mass is 16.6. The predicted molar refractivity (Wildman–Crippen MR) is 115 cm³/mol. The lowest BCUT2D eigenvalue weighted by Gasteiger charge is -2.24. The zero-order valence-corrected chi connectivity index (χ0v) is 18.1. The molecule has 0 aromatic heterocycles. The molecule has 0 bridgehead atoms. The maximum atomic E-state index is 12.6. The minimum Gasteiger partial charge on any atom is -0.508 e. The summed E-state index contributed by atoms with van der Waals surface area (Å²) in [6.45, 7) is 5.37. The number of hydrogen-bond acceptors (Lipinski definition) is 6. The number of esters is 2. The van der Waals surface area contributed by atoms with Crippen LogP contribution in [0.25, 0.3) is 0 Å². The van der Waals surface area contributed by atoms with Gasteiger partial charge in [0.1, 0.15) is 24.0 Å². The van der Waals surface area contributed by atoms with E-state index >= 15 is 0 Å². The predicted octanol–water partition coefficient (Wildman–Crippen LogP) is 3.28. The Kier molecular flexibility index (Phi) is 8.61. The highest BCUT2D eigenvalue weighted by Gasteiger charge is 2.27. The van der Waals surface area contributed by atoms with Crippen LogP contribution >= 0.6 is 0 Å². The number of aromatic hydroxyl groups is 1. The van der Waals surface area contributed by atoms with Crippen LogP contribution in [-0.2, 0) is 36.9 Å². The molecule has 7 heteroatoms. The molecular formula is C24H29NO6. The van der Waals surface area contributed by atoms with Gasteiger partial charge >= 0.3 is 11.9 Å². The Morgan fingerprint density at radius 1 is 0.935 bits per heavy atom. The van der Waals surface area contributed by atoms with Crippen molar-refractivity contribution in [3.05, 3.63) is 65.7 Å². The molecule has 0 aliphatic carbocycles. The molecule has 1 atom stereocenters. The third kappa shape index (κ3) is 9.33. The van der Waals surface area contributed by atoms with E-state index in [0.717, 1.165) is 11.1 Å². The van der Waals surface area contributed by atoms with Crippen molar-refractivity contribution in [2.75, 3.05) is 0 Å². The Bertz CT molecular complexity index is 871. The van der Waals surface area contributed by atoms with Crippen molar-refractivity contribution in [2.45, 2.75) is 58.3 Å². The number of nitrogens with one attached hydrogen (secondary N) is 1. The van der Waals surface area contributed by atoms with E-state index in [2.05, 4.69) is 5.32 Å². The molecule has 0 aliphatic heterocycles. The Labute approximate surface area is 182 Å². The minimum absolute atomic E-state index is 0.0983. The molecule has 2 aromatic carbocycles. The zero-order chi connectivity index (χ0) is 22.9. The number of ether oxygens (including phenoxy) is 2. The molecule has 31 heavy (non-hydrogen) atoms. The average Bonchev–Trinajstić information content (AvgIpc) is 2.71. The van der Waals surface area contributed by atoms with Gasteiger partial charge in [-0.25, -0.2) is 4.79 Å². The second kappa shape index (κ2) is 11.2. The van der Waals surface area contributed by atoms with Crippen molar-refractivity contribution in [1.29, 1.82) is 0 Å². The number of carbonyl (C=O) groups excluding carboxylic acids is 3. The number of hydrogen-bond donors (Lipinski definition) is 2. The van der Waals surface area contributed by atoms with Crippen LogP contribution in [0.15, 0.2) is 54.6 Å². The zero-order valence-electron chi connectivity index (χ0n) is 18.1. The van der Waals surface area contributed by atoms with Crippen molar-refractivity contribution in [2.24, 2.45) is 0 Å². The summed E-state index contributed by atoms with van der Waals surface area (Å²) in [7, 11) is 0. The third-order valence-electron chi connectivity index (χ3n) is 4.20. The van der Waals surface area contributed by atoms with Gasteiger partial charge in [-0.3, -0.25) is 9.59 Å². The lowest BCUT2D eigenvalue weighted by molar-refractivity contribution is -0.158. The van der Waals surface area contributed by atoms with Crippen molar-refractivity contribution in [3.8, 4) is 5.75 Å². The van der Waals surface area contributed by atoms with Crippen LogP contribution in [0, 0.1) is 0 Å². The molecule has 0 unspecified atom stereocenters. The number of amides is 1. The standard InChI is InChI=1S/C24H29NO6/c1-24(2,3)31-23(29)20(15-17-9-11-19(26)12-10-17)25-21(27)13-14-22(28)30-16-18-7-5-4-6-8-18/h4-12,20,26H,13-16H2,1-3H3,(H,25,27)/t20-/m0/s1. The largest absolute Gasteiger partial charge is 0.508 e. The van der Waals surface area contributed by atoms with Crippen LogP contribution in [0.1, 0.15) is 44.7 Å². The molecule has 2 N–H and O–H groups in total. The van der Waals surface area contributed by atoms with Gasteiger partial charge in [0.2, 0.25) is 5.91 Å². The molecule has 0 spiro atoms. The lowest BCUT2D eigenvalue weighted by Crippen LogP contribution is -2.45. The van der Waals surface area contributed by atoms with Gasteiger partial charge in [-0.15, -0.1) is 0 Å². The van der Waals surface area contributed by atoms with Crippen LogP contribution in [0.4, 0.5) is 0 Å². The van der Waals surface area contributed by atoms with Gasteiger partial charge in [-0.1, -0.05) is 42.5 Å². The van der Waals surface area contributed by atoms with Crippen molar-refractivity contribution < 1.29 is 29.0 Å². The quantitative estimate of drug-likeness (QED) is 0.596. The van der Waals surface area contributed by atoms with E-state index in [-0.39, 0.29) is 31.6 Å². The summed E-state index contributed by atoms with van der Waals surface area (Å²) in [5.41, 5.74) is 0.895. The fourth-order valence-electron chi connectivity index (χ4n) is 2.73. The summed E-state index contributed by atoms with van der Waals surface area (Å²) in [5, 5.41) is 12.1.